The number of ether oxygens (including phenoxy) is 1. The van der Waals surface area contributed by atoms with E-state index in [1.807, 2.05) is 26.1 Å². The highest BCUT2D eigenvalue weighted by atomic mass is 19.4. The van der Waals surface area contributed by atoms with Crippen LogP contribution in [0.4, 0.5) is 19.1 Å². The van der Waals surface area contributed by atoms with E-state index in [-0.39, 0.29) is 23.6 Å². The Balaban J connectivity index is 2.04. The Labute approximate surface area is 172 Å². The van der Waals surface area contributed by atoms with Gasteiger partial charge in [0.1, 0.15) is 6.10 Å². The third-order valence-corrected chi connectivity index (χ3v) is 5.31. The summed E-state index contributed by atoms with van der Waals surface area (Å²) in [5, 5.41) is 4.07. The zero-order chi connectivity index (χ0) is 22.4. The van der Waals surface area contributed by atoms with E-state index >= 15 is 0 Å². The second-order valence-corrected chi connectivity index (χ2v) is 8.04. The maximum Gasteiger partial charge on any atom is 0.440 e. The van der Waals surface area contributed by atoms with Gasteiger partial charge in [-0.25, -0.2) is 4.98 Å². The molecule has 2 aromatic rings. The molecular weight excluding hydrogens is 401 g/mol. The van der Waals surface area contributed by atoms with Crippen LogP contribution < -0.4 is 10.6 Å². The number of rotatable bonds is 6. The van der Waals surface area contributed by atoms with Crippen molar-refractivity contribution in [1.29, 1.82) is 0 Å². The Morgan fingerprint density at radius 3 is 2.50 bits per heavy atom. The molecule has 2 N–H and O–H groups in total. The molecular formula is C20H25F3N4O3. The van der Waals surface area contributed by atoms with Crippen molar-refractivity contribution in [2.24, 2.45) is 5.92 Å². The average Bonchev–Trinajstić information content (AvgIpc) is 3.08. The quantitative estimate of drug-likeness (QED) is 0.742. The van der Waals surface area contributed by atoms with E-state index in [1.54, 1.807) is 13.0 Å². The normalized spacial score (nSPS) is 19.8. The van der Waals surface area contributed by atoms with Gasteiger partial charge in [0.05, 0.1) is 11.0 Å². The molecule has 164 valence electrons. The number of hydrogen-bond acceptors (Lipinski definition) is 4. The number of hydrogen-bond donors (Lipinski definition) is 2. The van der Waals surface area contributed by atoms with Crippen LogP contribution in [0, 0.1) is 19.8 Å². The number of halogens is 3. The highest BCUT2D eigenvalue weighted by molar-refractivity contribution is 6.05. The van der Waals surface area contributed by atoms with Crippen molar-refractivity contribution in [2.75, 3.05) is 11.9 Å². The molecule has 1 aliphatic rings. The topological polar surface area (TPSA) is 85.2 Å². The number of fused-ring (bicyclic) bond motifs is 3. The van der Waals surface area contributed by atoms with Gasteiger partial charge in [-0.15, -0.1) is 0 Å². The second-order valence-electron chi connectivity index (χ2n) is 8.04. The largest absolute Gasteiger partial charge is 0.440 e. The highest BCUT2D eigenvalue weighted by Crippen LogP contribution is 2.44. The average molecular weight is 426 g/mol. The zero-order valence-electron chi connectivity index (χ0n) is 17.5. The molecule has 0 fully saturated rings. The molecule has 10 heteroatoms. The van der Waals surface area contributed by atoms with Crippen LogP contribution in [0.5, 0.6) is 0 Å². The third kappa shape index (κ3) is 3.53. The number of amides is 2. The lowest BCUT2D eigenvalue weighted by molar-refractivity contribution is -0.218. The summed E-state index contributed by atoms with van der Waals surface area (Å²) in [6.45, 7) is 9.06. The van der Waals surface area contributed by atoms with Crippen molar-refractivity contribution in [3.8, 4) is 0 Å². The van der Waals surface area contributed by atoms with Crippen molar-refractivity contribution in [3.63, 3.8) is 0 Å². The standard InChI is InChI=1S/C20H25F3N4O3/c1-10(2)6-7-30-13(5)16(28)26-19(20(21,22)23)17(29)25-18-24-14-8-11(3)12(4)9-15(14)27(18)19/h8-10,13H,6-7H2,1-5H3,(H,26,28)(H,24,25,29). The van der Waals surface area contributed by atoms with E-state index < -0.39 is 29.8 Å². The Morgan fingerprint density at radius 1 is 1.27 bits per heavy atom. The van der Waals surface area contributed by atoms with Gasteiger partial charge in [-0.3, -0.25) is 19.5 Å². The Hall–Kier alpha value is -2.62. The molecule has 1 aromatic heterocycles. The fourth-order valence-electron chi connectivity index (χ4n) is 3.32. The minimum absolute atomic E-state index is 0.0949. The van der Waals surface area contributed by atoms with Crippen LogP contribution >= 0.6 is 0 Å². The van der Waals surface area contributed by atoms with E-state index in [2.05, 4.69) is 10.3 Å². The molecule has 0 spiro atoms. The van der Waals surface area contributed by atoms with Crippen LogP contribution in [0.25, 0.3) is 11.0 Å². The van der Waals surface area contributed by atoms with Gasteiger partial charge in [-0.1, -0.05) is 13.8 Å². The molecule has 1 aromatic carbocycles. The smallest absolute Gasteiger partial charge is 0.369 e. The molecule has 0 bridgehead atoms. The first-order chi connectivity index (χ1) is 13.9. The molecule has 7 nitrogen and oxygen atoms in total. The molecule has 0 saturated heterocycles. The maximum absolute atomic E-state index is 14.3. The summed E-state index contributed by atoms with van der Waals surface area (Å²) in [5.41, 5.74) is -1.35. The summed E-state index contributed by atoms with van der Waals surface area (Å²) in [6, 6.07) is 3.17. The Kier molecular flexibility index (Phi) is 5.57. The van der Waals surface area contributed by atoms with Gasteiger partial charge in [0.15, 0.2) is 0 Å². The number of aromatic nitrogens is 2. The van der Waals surface area contributed by atoms with E-state index in [0.717, 1.165) is 15.7 Å². The number of nitrogens with zero attached hydrogens (tertiary/aromatic N) is 2. The van der Waals surface area contributed by atoms with E-state index in [9.17, 15) is 22.8 Å². The molecule has 0 radical (unpaired) electrons. The number of benzene rings is 1. The van der Waals surface area contributed by atoms with Gasteiger partial charge in [-0.2, -0.15) is 13.2 Å². The molecule has 30 heavy (non-hydrogen) atoms. The number of carbonyl (C=O) groups is 2. The molecule has 0 aliphatic carbocycles. The SMILES string of the molecule is Cc1cc2nc3n(c2cc1C)C(NC(=O)C(C)OCCC(C)C)(C(F)(F)F)C(=O)N3. The van der Waals surface area contributed by atoms with Gasteiger partial charge in [0, 0.05) is 6.61 Å². The first kappa shape index (κ1) is 22.1. The monoisotopic (exact) mass is 426 g/mol. The number of alkyl halides is 3. The van der Waals surface area contributed by atoms with Gasteiger partial charge in [-0.05, 0) is 56.4 Å². The zero-order valence-corrected chi connectivity index (χ0v) is 17.5. The van der Waals surface area contributed by atoms with Crippen LogP contribution in [-0.4, -0.2) is 40.3 Å². The van der Waals surface area contributed by atoms with Crippen LogP contribution in [0.2, 0.25) is 0 Å². The molecule has 2 atom stereocenters. The van der Waals surface area contributed by atoms with Crippen LogP contribution in [-0.2, 0) is 20.0 Å². The number of carbonyl (C=O) groups excluding carboxylic acids is 2. The fraction of sp³-hybridized carbons (Fsp3) is 0.550. The Morgan fingerprint density at radius 2 is 1.90 bits per heavy atom. The summed E-state index contributed by atoms with van der Waals surface area (Å²) in [4.78, 5) is 29.3. The van der Waals surface area contributed by atoms with Gasteiger partial charge < -0.3 is 10.1 Å². The summed E-state index contributed by atoms with van der Waals surface area (Å²) < 4.78 is 49.1. The van der Waals surface area contributed by atoms with Gasteiger partial charge in [0.25, 0.3) is 17.5 Å². The van der Waals surface area contributed by atoms with E-state index in [1.165, 1.54) is 13.0 Å². The second kappa shape index (κ2) is 7.57. The summed E-state index contributed by atoms with van der Waals surface area (Å²) >= 11 is 0. The van der Waals surface area contributed by atoms with E-state index in [0.29, 0.717) is 12.3 Å². The van der Waals surface area contributed by atoms with Crippen LogP contribution in [0.3, 0.4) is 0 Å². The lowest BCUT2D eigenvalue weighted by atomic mass is 10.1. The molecule has 2 amide bonds. The lowest BCUT2D eigenvalue weighted by Gasteiger charge is -2.33. The summed E-state index contributed by atoms with van der Waals surface area (Å²) in [6.07, 6.45) is -5.64. The fourth-order valence-corrected chi connectivity index (χ4v) is 3.32. The van der Waals surface area contributed by atoms with Crippen molar-refractivity contribution in [2.45, 2.75) is 59.0 Å². The predicted octanol–water partition coefficient (Wildman–Crippen LogP) is 3.39. The molecule has 3 rings (SSSR count). The Bertz CT molecular complexity index is 999. The third-order valence-electron chi connectivity index (χ3n) is 5.31. The molecule has 1 aliphatic heterocycles. The number of nitrogens with one attached hydrogen (secondary N) is 2. The maximum atomic E-state index is 14.3. The van der Waals surface area contributed by atoms with Gasteiger partial charge >= 0.3 is 6.18 Å². The van der Waals surface area contributed by atoms with Crippen molar-refractivity contribution in [3.05, 3.63) is 23.3 Å². The minimum Gasteiger partial charge on any atom is -0.369 e. The summed E-state index contributed by atoms with van der Waals surface area (Å²) in [5.74, 6) is -2.41. The predicted molar refractivity (Wildman–Crippen MR) is 105 cm³/mol. The first-order valence-corrected chi connectivity index (χ1v) is 9.70. The van der Waals surface area contributed by atoms with Crippen LogP contribution in [0.1, 0.15) is 38.3 Å². The first-order valence-electron chi connectivity index (χ1n) is 9.70. The minimum atomic E-state index is -5.12. The van der Waals surface area contributed by atoms with E-state index in [4.69, 9.17) is 4.74 Å². The van der Waals surface area contributed by atoms with Crippen molar-refractivity contribution < 1.29 is 27.5 Å². The number of aryl methyl sites for hydroxylation is 2. The molecule has 2 unspecified atom stereocenters. The van der Waals surface area contributed by atoms with Crippen molar-refractivity contribution >= 4 is 28.8 Å². The highest BCUT2D eigenvalue weighted by Gasteiger charge is 2.68. The number of anilines is 1. The molecule has 0 saturated carbocycles. The van der Waals surface area contributed by atoms with Gasteiger partial charge in [0.2, 0.25) is 5.95 Å². The number of imidazole rings is 1. The summed E-state index contributed by atoms with van der Waals surface area (Å²) in [7, 11) is 0. The lowest BCUT2D eigenvalue weighted by Crippen LogP contribution is -2.64. The van der Waals surface area contributed by atoms with Crippen LogP contribution in [0.15, 0.2) is 12.1 Å². The van der Waals surface area contributed by atoms with Crippen molar-refractivity contribution in [1.82, 2.24) is 14.9 Å². The molecule has 2 heterocycles.